The fourth-order valence-electron chi connectivity index (χ4n) is 3.20. The third-order valence-electron chi connectivity index (χ3n) is 4.90. The Kier molecular flexibility index (Phi) is 5.32. The van der Waals surface area contributed by atoms with Gasteiger partial charge in [-0.2, -0.15) is 4.98 Å². The van der Waals surface area contributed by atoms with Crippen LogP contribution in [-0.2, 0) is 6.54 Å². The minimum Gasteiger partial charge on any atom is -0.348 e. The Balaban J connectivity index is 1.67. The van der Waals surface area contributed by atoms with E-state index in [1.807, 2.05) is 62.4 Å². The molecule has 2 aromatic carbocycles. The smallest absolute Gasteiger partial charge is 0.252 e. The molecule has 0 bridgehead atoms. The van der Waals surface area contributed by atoms with Crippen LogP contribution in [0.4, 0.5) is 5.95 Å². The molecule has 0 saturated heterocycles. The average Bonchev–Trinajstić information content (AvgIpc) is 2.72. The number of aromatic nitrogens is 3. The Hall–Kier alpha value is -3.18. The van der Waals surface area contributed by atoms with E-state index < -0.39 is 0 Å². The van der Waals surface area contributed by atoms with Gasteiger partial charge in [-0.3, -0.25) is 9.36 Å². The number of halogens is 1. The van der Waals surface area contributed by atoms with Crippen molar-refractivity contribution in [2.24, 2.45) is 0 Å². The monoisotopic (exact) mass is 404 g/mol. The first-order valence-corrected chi connectivity index (χ1v) is 9.81. The van der Waals surface area contributed by atoms with E-state index in [1.165, 1.54) is 5.56 Å². The zero-order chi connectivity index (χ0) is 20.4. The predicted molar refractivity (Wildman–Crippen MR) is 118 cm³/mol. The molecule has 0 fully saturated rings. The first-order chi connectivity index (χ1) is 14.0. The molecule has 0 radical (unpaired) electrons. The summed E-state index contributed by atoms with van der Waals surface area (Å²) < 4.78 is 1.68. The number of hydrogen-bond donors (Lipinski definition) is 1. The van der Waals surface area contributed by atoms with Crippen molar-refractivity contribution in [2.75, 3.05) is 5.32 Å². The van der Waals surface area contributed by atoms with Gasteiger partial charge in [0.05, 0.1) is 12.6 Å². The molecule has 2 aromatic heterocycles. The van der Waals surface area contributed by atoms with Gasteiger partial charge in [0.15, 0.2) is 0 Å². The number of nitrogens with zero attached hydrogens (tertiary/aromatic N) is 3. The molecule has 146 valence electrons. The van der Waals surface area contributed by atoms with Gasteiger partial charge in [-0.05, 0) is 43.2 Å². The standard InChI is InChI=1S/C23H21ClN4O/c1-15-3-5-17(6-4-15)14-28-21(29)12-9-19-13-25-23(27-22(19)28)26-16(2)18-7-10-20(24)11-8-18/h3-13,16H,14H2,1-2H3,(H,25,26,27)/t16-/m0/s1. The first kappa shape index (κ1) is 19.2. The molecule has 5 nitrogen and oxygen atoms in total. The molecule has 0 aliphatic rings. The number of benzene rings is 2. The molecule has 1 atom stereocenters. The molecule has 0 spiro atoms. The van der Waals surface area contributed by atoms with Crippen LogP contribution in [0.15, 0.2) is 71.7 Å². The van der Waals surface area contributed by atoms with E-state index in [0.717, 1.165) is 16.5 Å². The number of aryl methyl sites for hydroxylation is 1. The topological polar surface area (TPSA) is 59.8 Å². The summed E-state index contributed by atoms with van der Waals surface area (Å²) in [5.41, 5.74) is 3.83. The number of pyridine rings is 1. The molecular formula is C23H21ClN4O. The highest BCUT2D eigenvalue weighted by molar-refractivity contribution is 6.30. The lowest BCUT2D eigenvalue weighted by atomic mass is 10.1. The molecule has 29 heavy (non-hydrogen) atoms. The number of nitrogens with one attached hydrogen (secondary N) is 1. The minimum atomic E-state index is -0.0894. The lowest BCUT2D eigenvalue weighted by molar-refractivity contribution is 0.778. The number of fused-ring (bicyclic) bond motifs is 1. The van der Waals surface area contributed by atoms with E-state index in [9.17, 15) is 4.79 Å². The van der Waals surface area contributed by atoms with Crippen LogP contribution in [0, 0.1) is 6.92 Å². The second kappa shape index (κ2) is 8.05. The number of anilines is 1. The van der Waals surface area contributed by atoms with E-state index in [0.29, 0.717) is 23.2 Å². The summed E-state index contributed by atoms with van der Waals surface area (Å²) in [6, 6.07) is 19.1. The van der Waals surface area contributed by atoms with Gasteiger partial charge in [-0.1, -0.05) is 53.6 Å². The van der Waals surface area contributed by atoms with Gasteiger partial charge >= 0.3 is 0 Å². The number of rotatable bonds is 5. The normalized spacial score (nSPS) is 12.1. The molecule has 4 rings (SSSR count). The van der Waals surface area contributed by atoms with Crippen molar-refractivity contribution >= 4 is 28.6 Å². The van der Waals surface area contributed by atoms with Gasteiger partial charge in [-0.25, -0.2) is 4.98 Å². The van der Waals surface area contributed by atoms with E-state index in [-0.39, 0.29) is 11.6 Å². The van der Waals surface area contributed by atoms with Gasteiger partial charge in [-0.15, -0.1) is 0 Å². The maximum atomic E-state index is 12.6. The molecular weight excluding hydrogens is 384 g/mol. The van der Waals surface area contributed by atoms with Crippen molar-refractivity contribution < 1.29 is 0 Å². The van der Waals surface area contributed by atoms with Gasteiger partial charge in [0, 0.05) is 22.7 Å². The summed E-state index contributed by atoms with van der Waals surface area (Å²) in [6.45, 7) is 4.53. The maximum Gasteiger partial charge on any atom is 0.252 e. The summed E-state index contributed by atoms with van der Waals surface area (Å²) in [5.74, 6) is 0.475. The van der Waals surface area contributed by atoms with Crippen LogP contribution in [0.5, 0.6) is 0 Å². The van der Waals surface area contributed by atoms with E-state index in [1.54, 1.807) is 22.9 Å². The summed E-state index contributed by atoms with van der Waals surface area (Å²) in [5, 5.41) is 4.83. The Morgan fingerprint density at radius 2 is 1.76 bits per heavy atom. The molecule has 6 heteroatoms. The highest BCUT2D eigenvalue weighted by Gasteiger charge is 2.11. The summed E-state index contributed by atoms with van der Waals surface area (Å²) in [4.78, 5) is 21.6. The highest BCUT2D eigenvalue weighted by atomic mass is 35.5. The van der Waals surface area contributed by atoms with Crippen LogP contribution in [0.1, 0.15) is 29.7 Å². The molecule has 0 aliphatic carbocycles. The van der Waals surface area contributed by atoms with Gasteiger partial charge in [0.25, 0.3) is 5.56 Å². The summed E-state index contributed by atoms with van der Waals surface area (Å²) in [7, 11) is 0. The highest BCUT2D eigenvalue weighted by Crippen LogP contribution is 2.20. The van der Waals surface area contributed by atoms with Crippen LogP contribution < -0.4 is 10.9 Å². The van der Waals surface area contributed by atoms with Crippen LogP contribution in [0.25, 0.3) is 11.0 Å². The van der Waals surface area contributed by atoms with Crippen molar-refractivity contribution in [3.8, 4) is 0 Å². The maximum absolute atomic E-state index is 12.6. The van der Waals surface area contributed by atoms with Crippen molar-refractivity contribution in [3.63, 3.8) is 0 Å². The van der Waals surface area contributed by atoms with Crippen LogP contribution in [0.3, 0.4) is 0 Å². The van der Waals surface area contributed by atoms with Crippen LogP contribution in [-0.4, -0.2) is 14.5 Å². The Morgan fingerprint density at radius 1 is 1.03 bits per heavy atom. The lowest BCUT2D eigenvalue weighted by Crippen LogP contribution is -2.21. The molecule has 1 N–H and O–H groups in total. The largest absolute Gasteiger partial charge is 0.348 e. The first-order valence-electron chi connectivity index (χ1n) is 9.44. The van der Waals surface area contributed by atoms with E-state index >= 15 is 0 Å². The fourth-order valence-corrected chi connectivity index (χ4v) is 3.32. The fraction of sp³-hybridized carbons (Fsp3) is 0.174. The predicted octanol–water partition coefficient (Wildman–Crippen LogP) is 4.97. The second-order valence-electron chi connectivity index (χ2n) is 7.13. The van der Waals surface area contributed by atoms with E-state index in [2.05, 4.69) is 15.3 Å². The van der Waals surface area contributed by atoms with Crippen LogP contribution >= 0.6 is 11.6 Å². The Morgan fingerprint density at radius 3 is 2.48 bits per heavy atom. The molecule has 2 heterocycles. The third-order valence-corrected chi connectivity index (χ3v) is 5.15. The van der Waals surface area contributed by atoms with Gasteiger partial charge in [0.2, 0.25) is 5.95 Å². The summed E-state index contributed by atoms with van der Waals surface area (Å²) in [6.07, 6.45) is 1.74. The quantitative estimate of drug-likeness (QED) is 0.510. The molecule has 0 saturated carbocycles. The molecule has 0 unspecified atom stereocenters. The van der Waals surface area contributed by atoms with Gasteiger partial charge in [0.1, 0.15) is 5.65 Å². The van der Waals surface area contributed by atoms with Crippen molar-refractivity contribution in [3.05, 3.63) is 98.9 Å². The van der Waals surface area contributed by atoms with Gasteiger partial charge < -0.3 is 5.32 Å². The Labute approximate surface area is 174 Å². The van der Waals surface area contributed by atoms with E-state index in [4.69, 9.17) is 11.6 Å². The summed E-state index contributed by atoms with van der Waals surface area (Å²) >= 11 is 5.97. The Bertz CT molecular complexity index is 1200. The lowest BCUT2D eigenvalue weighted by Gasteiger charge is -2.15. The molecule has 4 aromatic rings. The molecule has 0 aliphatic heterocycles. The van der Waals surface area contributed by atoms with Crippen molar-refractivity contribution in [2.45, 2.75) is 26.4 Å². The van der Waals surface area contributed by atoms with Crippen molar-refractivity contribution in [1.82, 2.24) is 14.5 Å². The zero-order valence-electron chi connectivity index (χ0n) is 16.3. The van der Waals surface area contributed by atoms with Crippen molar-refractivity contribution in [1.29, 1.82) is 0 Å². The number of hydrogen-bond acceptors (Lipinski definition) is 4. The minimum absolute atomic E-state index is 0.00861. The SMILES string of the molecule is Cc1ccc(Cn2c(=O)ccc3cnc(N[C@@H](C)c4ccc(Cl)cc4)nc32)cc1. The third kappa shape index (κ3) is 4.30. The zero-order valence-corrected chi connectivity index (χ0v) is 17.0. The second-order valence-corrected chi connectivity index (χ2v) is 7.57. The average molecular weight is 405 g/mol. The van der Waals surface area contributed by atoms with Crippen LogP contribution in [0.2, 0.25) is 5.02 Å². The molecule has 0 amide bonds.